The van der Waals surface area contributed by atoms with Gasteiger partial charge in [0.25, 0.3) is 5.91 Å². The van der Waals surface area contributed by atoms with Crippen LogP contribution in [-0.4, -0.2) is 35.7 Å². The van der Waals surface area contributed by atoms with Crippen LogP contribution >= 0.6 is 0 Å². The minimum Gasteiger partial charge on any atom is -0.485 e. The average Bonchev–Trinajstić information content (AvgIpc) is 2.37. The SMILES string of the molecule is C[C@H](NC(=O)[C@H]1COc2ccccc2O1)C(=O)O. The van der Waals surface area contributed by atoms with Gasteiger partial charge in [-0.3, -0.25) is 9.59 Å². The number of ether oxygens (including phenoxy) is 2. The van der Waals surface area contributed by atoms with Gasteiger partial charge < -0.3 is 19.9 Å². The number of nitrogens with one attached hydrogen (secondary N) is 1. The van der Waals surface area contributed by atoms with Gasteiger partial charge in [-0.25, -0.2) is 0 Å². The van der Waals surface area contributed by atoms with Crippen molar-refractivity contribution in [1.82, 2.24) is 5.32 Å². The highest BCUT2D eigenvalue weighted by Gasteiger charge is 2.29. The number of aliphatic carboxylic acids is 1. The molecule has 6 heteroatoms. The van der Waals surface area contributed by atoms with E-state index in [1.807, 2.05) is 0 Å². The predicted octanol–water partition coefficient (Wildman–Crippen LogP) is 0.416. The molecular weight excluding hydrogens is 238 g/mol. The van der Waals surface area contributed by atoms with E-state index in [9.17, 15) is 9.59 Å². The quantitative estimate of drug-likeness (QED) is 0.813. The van der Waals surface area contributed by atoms with Crippen molar-refractivity contribution in [3.8, 4) is 11.5 Å². The molecule has 1 amide bonds. The topological polar surface area (TPSA) is 84.9 Å². The van der Waals surface area contributed by atoms with E-state index in [-0.39, 0.29) is 6.61 Å². The number of carboxylic acids is 1. The number of amides is 1. The van der Waals surface area contributed by atoms with Gasteiger partial charge in [0.15, 0.2) is 11.5 Å². The summed E-state index contributed by atoms with van der Waals surface area (Å²) in [6, 6.07) is 6.04. The van der Waals surface area contributed by atoms with Crippen LogP contribution in [0.5, 0.6) is 11.5 Å². The third-order valence-electron chi connectivity index (χ3n) is 2.53. The fraction of sp³-hybridized carbons (Fsp3) is 0.333. The first-order valence-corrected chi connectivity index (χ1v) is 5.49. The van der Waals surface area contributed by atoms with Crippen LogP contribution in [0.4, 0.5) is 0 Å². The Morgan fingerprint density at radius 3 is 2.72 bits per heavy atom. The molecule has 2 atom stereocenters. The van der Waals surface area contributed by atoms with Gasteiger partial charge in [-0.2, -0.15) is 0 Å². The minimum absolute atomic E-state index is 0.0647. The summed E-state index contributed by atoms with van der Waals surface area (Å²) in [5.74, 6) is -0.542. The molecule has 0 unspecified atom stereocenters. The Kier molecular flexibility index (Phi) is 3.36. The largest absolute Gasteiger partial charge is 0.485 e. The van der Waals surface area contributed by atoms with E-state index < -0.39 is 24.0 Å². The lowest BCUT2D eigenvalue weighted by Crippen LogP contribution is -2.49. The zero-order chi connectivity index (χ0) is 13.1. The van der Waals surface area contributed by atoms with Gasteiger partial charge in [-0.1, -0.05) is 12.1 Å². The summed E-state index contributed by atoms with van der Waals surface area (Å²) in [5, 5.41) is 11.0. The highest BCUT2D eigenvalue weighted by atomic mass is 16.6. The van der Waals surface area contributed by atoms with Crippen LogP contribution in [-0.2, 0) is 9.59 Å². The number of carbonyl (C=O) groups excluding carboxylic acids is 1. The molecule has 1 aliphatic rings. The maximum absolute atomic E-state index is 11.7. The van der Waals surface area contributed by atoms with Gasteiger partial charge in [0, 0.05) is 0 Å². The molecule has 18 heavy (non-hydrogen) atoms. The molecule has 6 nitrogen and oxygen atoms in total. The van der Waals surface area contributed by atoms with Crippen molar-refractivity contribution in [3.05, 3.63) is 24.3 Å². The monoisotopic (exact) mass is 251 g/mol. The molecule has 0 aliphatic carbocycles. The summed E-state index contributed by atoms with van der Waals surface area (Å²) in [4.78, 5) is 22.4. The molecule has 1 aromatic carbocycles. The molecule has 0 radical (unpaired) electrons. The Morgan fingerprint density at radius 1 is 1.39 bits per heavy atom. The molecule has 0 bridgehead atoms. The lowest BCUT2D eigenvalue weighted by atomic mass is 10.2. The first kappa shape index (κ1) is 12.2. The Bertz CT molecular complexity index is 473. The van der Waals surface area contributed by atoms with Crippen molar-refractivity contribution in [2.24, 2.45) is 0 Å². The molecule has 0 spiro atoms. The Morgan fingerprint density at radius 2 is 2.06 bits per heavy atom. The lowest BCUT2D eigenvalue weighted by molar-refractivity contribution is -0.143. The number of fused-ring (bicyclic) bond motifs is 1. The van der Waals surface area contributed by atoms with Crippen molar-refractivity contribution in [2.45, 2.75) is 19.1 Å². The maximum atomic E-state index is 11.7. The van der Waals surface area contributed by atoms with Gasteiger partial charge in [0.1, 0.15) is 12.6 Å². The normalized spacial score (nSPS) is 18.8. The predicted molar refractivity (Wildman–Crippen MR) is 61.6 cm³/mol. The van der Waals surface area contributed by atoms with E-state index in [1.165, 1.54) is 6.92 Å². The van der Waals surface area contributed by atoms with E-state index in [1.54, 1.807) is 24.3 Å². The Hall–Kier alpha value is -2.24. The molecule has 0 fully saturated rings. The molecule has 1 aromatic rings. The van der Waals surface area contributed by atoms with Gasteiger partial charge in [0.2, 0.25) is 6.10 Å². The van der Waals surface area contributed by atoms with Crippen LogP contribution in [0.1, 0.15) is 6.92 Å². The van der Waals surface area contributed by atoms with Crippen LogP contribution in [0, 0.1) is 0 Å². The van der Waals surface area contributed by atoms with Gasteiger partial charge in [-0.15, -0.1) is 0 Å². The van der Waals surface area contributed by atoms with E-state index in [0.29, 0.717) is 11.5 Å². The zero-order valence-corrected chi connectivity index (χ0v) is 9.75. The first-order chi connectivity index (χ1) is 8.58. The number of rotatable bonds is 3. The molecule has 1 heterocycles. The highest BCUT2D eigenvalue weighted by Crippen LogP contribution is 2.30. The summed E-state index contributed by atoms with van der Waals surface area (Å²) >= 11 is 0. The standard InChI is InChI=1S/C12H13NO5/c1-7(12(15)16)13-11(14)10-6-17-8-4-2-3-5-9(8)18-10/h2-5,7,10H,6H2,1H3,(H,13,14)(H,15,16)/t7-,10+/m0/s1. The zero-order valence-electron chi connectivity index (χ0n) is 9.75. The molecule has 2 rings (SSSR count). The summed E-state index contributed by atoms with van der Waals surface area (Å²) in [6.45, 7) is 1.45. The summed E-state index contributed by atoms with van der Waals surface area (Å²) in [7, 11) is 0. The summed E-state index contributed by atoms with van der Waals surface area (Å²) in [5.41, 5.74) is 0. The van der Waals surface area contributed by atoms with Crippen LogP contribution in [0.15, 0.2) is 24.3 Å². The number of carbonyl (C=O) groups is 2. The second-order valence-corrected chi connectivity index (χ2v) is 3.93. The third kappa shape index (κ3) is 2.53. The molecule has 0 aromatic heterocycles. The van der Waals surface area contributed by atoms with Gasteiger partial charge >= 0.3 is 5.97 Å². The molecule has 96 valence electrons. The van der Waals surface area contributed by atoms with Crippen LogP contribution in [0.2, 0.25) is 0 Å². The first-order valence-electron chi connectivity index (χ1n) is 5.49. The van der Waals surface area contributed by atoms with Gasteiger partial charge in [0.05, 0.1) is 0 Å². The van der Waals surface area contributed by atoms with Crippen LogP contribution in [0.25, 0.3) is 0 Å². The lowest BCUT2D eigenvalue weighted by Gasteiger charge is -2.26. The molecule has 0 saturated heterocycles. The van der Waals surface area contributed by atoms with E-state index in [0.717, 1.165) is 0 Å². The number of carboxylic acid groups (broad SMARTS) is 1. The van der Waals surface area contributed by atoms with E-state index in [4.69, 9.17) is 14.6 Å². The van der Waals surface area contributed by atoms with Crippen molar-refractivity contribution >= 4 is 11.9 Å². The average molecular weight is 251 g/mol. The fourth-order valence-corrected chi connectivity index (χ4v) is 1.52. The number of hydrogen-bond donors (Lipinski definition) is 2. The van der Waals surface area contributed by atoms with Crippen molar-refractivity contribution in [1.29, 1.82) is 0 Å². The molecule has 2 N–H and O–H groups in total. The number of benzene rings is 1. The third-order valence-corrected chi connectivity index (χ3v) is 2.53. The summed E-state index contributed by atoms with van der Waals surface area (Å²) < 4.78 is 10.8. The smallest absolute Gasteiger partial charge is 0.325 e. The minimum atomic E-state index is -1.10. The second kappa shape index (κ2) is 4.95. The number of para-hydroxylation sites is 2. The second-order valence-electron chi connectivity index (χ2n) is 3.93. The van der Waals surface area contributed by atoms with Gasteiger partial charge in [-0.05, 0) is 19.1 Å². The van der Waals surface area contributed by atoms with Crippen molar-refractivity contribution in [3.63, 3.8) is 0 Å². The molecule has 0 saturated carbocycles. The maximum Gasteiger partial charge on any atom is 0.325 e. The fourth-order valence-electron chi connectivity index (χ4n) is 1.52. The Balaban J connectivity index is 2.00. The van der Waals surface area contributed by atoms with Crippen LogP contribution in [0.3, 0.4) is 0 Å². The van der Waals surface area contributed by atoms with Crippen LogP contribution < -0.4 is 14.8 Å². The highest BCUT2D eigenvalue weighted by molar-refractivity contribution is 5.86. The Labute approximate surface area is 104 Å². The molecular formula is C12H13NO5. The van der Waals surface area contributed by atoms with E-state index >= 15 is 0 Å². The summed E-state index contributed by atoms with van der Waals surface area (Å²) in [6.07, 6.45) is -0.832. The van der Waals surface area contributed by atoms with Crippen molar-refractivity contribution < 1.29 is 24.2 Å². The number of hydrogen-bond acceptors (Lipinski definition) is 4. The molecule has 1 aliphatic heterocycles. The van der Waals surface area contributed by atoms with Crippen molar-refractivity contribution in [2.75, 3.05) is 6.61 Å². The van der Waals surface area contributed by atoms with E-state index in [2.05, 4.69) is 5.32 Å².